The van der Waals surface area contributed by atoms with Gasteiger partial charge in [-0.2, -0.15) is 0 Å². The predicted molar refractivity (Wildman–Crippen MR) is 104 cm³/mol. The fraction of sp³-hybridized carbons (Fsp3) is 0.333. The Morgan fingerprint density at radius 1 is 1.22 bits per heavy atom. The minimum absolute atomic E-state index is 0.00659. The van der Waals surface area contributed by atoms with Gasteiger partial charge in [-0.25, -0.2) is 4.79 Å². The van der Waals surface area contributed by atoms with Crippen LogP contribution < -0.4 is 19.7 Å². The number of para-hydroxylation sites is 1. The quantitative estimate of drug-likeness (QED) is 0.865. The molecule has 2 aromatic carbocycles. The summed E-state index contributed by atoms with van der Waals surface area (Å²) >= 11 is 0. The van der Waals surface area contributed by atoms with Gasteiger partial charge in [-0.15, -0.1) is 0 Å². The number of hydrogen-bond acceptors (Lipinski definition) is 4. The number of anilines is 2. The zero-order chi connectivity index (χ0) is 19.4. The van der Waals surface area contributed by atoms with Gasteiger partial charge in [0, 0.05) is 12.2 Å². The Kier molecular flexibility index (Phi) is 5.35. The first kappa shape index (κ1) is 18.8. The molecule has 6 nitrogen and oxygen atoms in total. The third-order valence-electron chi connectivity index (χ3n) is 4.31. The van der Waals surface area contributed by atoms with E-state index in [9.17, 15) is 9.59 Å². The number of fused-ring (bicyclic) bond motifs is 1. The van der Waals surface area contributed by atoms with E-state index >= 15 is 0 Å². The second-order valence-electron chi connectivity index (χ2n) is 7.14. The molecule has 1 aliphatic heterocycles. The molecule has 0 aromatic heterocycles. The average molecular weight is 368 g/mol. The Bertz CT molecular complexity index is 833. The number of carbonyl (C=O) groups is 2. The molecule has 0 spiro atoms. The van der Waals surface area contributed by atoms with Crippen LogP contribution in [-0.2, 0) is 4.79 Å². The van der Waals surface area contributed by atoms with Gasteiger partial charge in [0.05, 0.1) is 11.1 Å². The standard InChI is InChI=1S/C21H24N2O4/c1-4-12-23-17-13-15(22-20(25)27-16-8-6-5-7-9-16)10-11-18(17)26-14-21(2,3)19(23)24/h5-11,13H,4,12,14H2,1-3H3,(H,22,25). The van der Waals surface area contributed by atoms with Crippen LogP contribution in [0.1, 0.15) is 27.2 Å². The number of nitrogens with one attached hydrogen (secondary N) is 1. The van der Waals surface area contributed by atoms with E-state index in [1.54, 1.807) is 47.4 Å². The molecule has 0 aliphatic carbocycles. The zero-order valence-electron chi connectivity index (χ0n) is 15.8. The molecule has 1 N–H and O–H groups in total. The summed E-state index contributed by atoms with van der Waals surface area (Å²) in [6.45, 7) is 6.66. The monoisotopic (exact) mass is 368 g/mol. The lowest BCUT2D eigenvalue weighted by Crippen LogP contribution is -2.42. The van der Waals surface area contributed by atoms with E-state index in [1.165, 1.54) is 0 Å². The molecule has 2 amide bonds. The molecule has 0 radical (unpaired) electrons. The molecule has 0 saturated heterocycles. The van der Waals surface area contributed by atoms with Crippen LogP contribution >= 0.6 is 0 Å². The summed E-state index contributed by atoms with van der Waals surface area (Å²) < 4.78 is 11.1. The van der Waals surface area contributed by atoms with Gasteiger partial charge >= 0.3 is 6.09 Å². The van der Waals surface area contributed by atoms with Gasteiger partial charge in [0.15, 0.2) is 0 Å². The predicted octanol–water partition coefficient (Wildman–Crippen LogP) is 4.46. The number of rotatable bonds is 4. The van der Waals surface area contributed by atoms with Crippen molar-refractivity contribution in [2.24, 2.45) is 5.41 Å². The van der Waals surface area contributed by atoms with Gasteiger partial charge in [-0.3, -0.25) is 10.1 Å². The van der Waals surface area contributed by atoms with Crippen LogP contribution in [0.15, 0.2) is 48.5 Å². The van der Waals surface area contributed by atoms with E-state index in [2.05, 4.69) is 5.32 Å². The fourth-order valence-corrected chi connectivity index (χ4v) is 2.91. The van der Waals surface area contributed by atoms with E-state index in [1.807, 2.05) is 26.8 Å². The summed E-state index contributed by atoms with van der Waals surface area (Å²) in [6, 6.07) is 14.1. The van der Waals surface area contributed by atoms with Crippen molar-refractivity contribution in [3.8, 4) is 11.5 Å². The van der Waals surface area contributed by atoms with Gasteiger partial charge in [0.1, 0.15) is 18.1 Å². The number of hydrogen-bond donors (Lipinski definition) is 1. The van der Waals surface area contributed by atoms with Crippen molar-refractivity contribution in [1.82, 2.24) is 0 Å². The molecule has 142 valence electrons. The van der Waals surface area contributed by atoms with Crippen LogP contribution in [-0.4, -0.2) is 25.2 Å². The number of carbonyl (C=O) groups excluding carboxylic acids is 2. The summed E-state index contributed by atoms with van der Waals surface area (Å²) in [4.78, 5) is 26.8. The van der Waals surface area contributed by atoms with Crippen LogP contribution in [0, 0.1) is 5.41 Å². The van der Waals surface area contributed by atoms with Crippen LogP contribution in [0.4, 0.5) is 16.2 Å². The first-order valence-corrected chi connectivity index (χ1v) is 9.03. The number of nitrogens with zero attached hydrogens (tertiary/aromatic N) is 1. The first-order valence-electron chi connectivity index (χ1n) is 9.03. The highest BCUT2D eigenvalue weighted by molar-refractivity contribution is 6.00. The molecule has 0 atom stereocenters. The van der Waals surface area contributed by atoms with Gasteiger partial charge in [-0.05, 0) is 50.6 Å². The van der Waals surface area contributed by atoms with Crippen LogP contribution in [0.3, 0.4) is 0 Å². The molecule has 0 saturated carbocycles. The van der Waals surface area contributed by atoms with Crippen molar-refractivity contribution in [3.63, 3.8) is 0 Å². The van der Waals surface area contributed by atoms with E-state index < -0.39 is 11.5 Å². The minimum atomic E-state index is -0.617. The summed E-state index contributed by atoms with van der Waals surface area (Å²) in [5.41, 5.74) is 0.574. The maximum Gasteiger partial charge on any atom is 0.417 e. The SMILES string of the molecule is CCCN1C(=O)C(C)(C)COc2ccc(NC(=O)Oc3ccccc3)cc21. The van der Waals surface area contributed by atoms with E-state index in [4.69, 9.17) is 9.47 Å². The second-order valence-corrected chi connectivity index (χ2v) is 7.14. The van der Waals surface area contributed by atoms with Gasteiger partial charge in [0.25, 0.3) is 0 Å². The van der Waals surface area contributed by atoms with Crippen molar-refractivity contribution in [3.05, 3.63) is 48.5 Å². The molecule has 2 aromatic rings. The molecular formula is C21H24N2O4. The Morgan fingerprint density at radius 2 is 1.96 bits per heavy atom. The lowest BCUT2D eigenvalue weighted by molar-refractivity contribution is -0.127. The first-order chi connectivity index (χ1) is 12.9. The maximum absolute atomic E-state index is 12.9. The smallest absolute Gasteiger partial charge is 0.417 e. The van der Waals surface area contributed by atoms with E-state index in [-0.39, 0.29) is 5.91 Å². The van der Waals surface area contributed by atoms with E-state index in [0.29, 0.717) is 36.0 Å². The normalized spacial score (nSPS) is 15.4. The van der Waals surface area contributed by atoms with Gasteiger partial charge < -0.3 is 14.4 Å². The summed E-state index contributed by atoms with van der Waals surface area (Å²) in [5, 5.41) is 2.70. The van der Waals surface area contributed by atoms with Crippen molar-refractivity contribution in [1.29, 1.82) is 0 Å². The number of amides is 2. The average Bonchev–Trinajstić information content (AvgIpc) is 2.73. The number of ether oxygens (including phenoxy) is 2. The molecule has 0 bridgehead atoms. The van der Waals surface area contributed by atoms with Crippen LogP contribution in [0.2, 0.25) is 0 Å². The fourth-order valence-electron chi connectivity index (χ4n) is 2.91. The van der Waals surface area contributed by atoms with Crippen molar-refractivity contribution < 1.29 is 19.1 Å². The Morgan fingerprint density at radius 3 is 2.67 bits per heavy atom. The Balaban J connectivity index is 1.83. The highest BCUT2D eigenvalue weighted by Crippen LogP contribution is 2.38. The lowest BCUT2D eigenvalue weighted by atomic mass is 9.93. The van der Waals surface area contributed by atoms with Gasteiger partial charge in [-0.1, -0.05) is 25.1 Å². The van der Waals surface area contributed by atoms with Crippen molar-refractivity contribution in [2.75, 3.05) is 23.4 Å². The van der Waals surface area contributed by atoms with Crippen LogP contribution in [0.5, 0.6) is 11.5 Å². The largest absolute Gasteiger partial charge is 0.490 e. The molecule has 27 heavy (non-hydrogen) atoms. The topological polar surface area (TPSA) is 67.9 Å². The lowest BCUT2D eigenvalue weighted by Gasteiger charge is -2.27. The van der Waals surface area contributed by atoms with E-state index in [0.717, 1.165) is 6.42 Å². The number of benzene rings is 2. The molecule has 6 heteroatoms. The highest BCUT2D eigenvalue weighted by Gasteiger charge is 2.37. The highest BCUT2D eigenvalue weighted by atomic mass is 16.6. The molecular weight excluding hydrogens is 344 g/mol. The second kappa shape index (κ2) is 7.70. The Labute approximate surface area is 159 Å². The maximum atomic E-state index is 12.9. The zero-order valence-corrected chi connectivity index (χ0v) is 15.8. The summed E-state index contributed by atoms with van der Waals surface area (Å²) in [7, 11) is 0. The molecule has 0 fully saturated rings. The van der Waals surface area contributed by atoms with Crippen molar-refractivity contribution >= 4 is 23.4 Å². The van der Waals surface area contributed by atoms with Crippen molar-refractivity contribution in [2.45, 2.75) is 27.2 Å². The van der Waals surface area contributed by atoms with Crippen LogP contribution in [0.25, 0.3) is 0 Å². The third-order valence-corrected chi connectivity index (χ3v) is 4.31. The Hall–Kier alpha value is -3.02. The summed E-state index contributed by atoms with van der Waals surface area (Å²) in [5.74, 6) is 1.09. The third kappa shape index (κ3) is 4.22. The molecule has 1 heterocycles. The molecule has 0 unspecified atom stereocenters. The minimum Gasteiger partial charge on any atom is -0.490 e. The molecule has 1 aliphatic rings. The molecule has 3 rings (SSSR count). The van der Waals surface area contributed by atoms with Gasteiger partial charge in [0.2, 0.25) is 5.91 Å². The summed E-state index contributed by atoms with van der Waals surface area (Å²) in [6.07, 6.45) is 0.221.